The van der Waals surface area contributed by atoms with Gasteiger partial charge in [-0.05, 0) is 55.2 Å². The van der Waals surface area contributed by atoms with Gasteiger partial charge in [-0.25, -0.2) is 4.79 Å². The predicted molar refractivity (Wildman–Crippen MR) is 79.3 cm³/mol. The SMILES string of the molecule is CN(CC1CC2CCC1C2)C(=O)c1cccc(C(=O)O)c1. The van der Waals surface area contributed by atoms with Crippen molar-refractivity contribution in [1.82, 2.24) is 4.90 Å². The van der Waals surface area contributed by atoms with E-state index in [1.807, 2.05) is 7.05 Å². The molecule has 2 bridgehead atoms. The molecule has 0 aromatic heterocycles. The molecule has 4 nitrogen and oxygen atoms in total. The van der Waals surface area contributed by atoms with Gasteiger partial charge in [0.1, 0.15) is 0 Å². The summed E-state index contributed by atoms with van der Waals surface area (Å²) in [5, 5.41) is 9.01. The van der Waals surface area contributed by atoms with E-state index in [-0.39, 0.29) is 11.5 Å². The highest BCUT2D eigenvalue weighted by atomic mass is 16.4. The zero-order valence-electron chi connectivity index (χ0n) is 12.3. The summed E-state index contributed by atoms with van der Waals surface area (Å²) in [5.41, 5.74) is 0.620. The van der Waals surface area contributed by atoms with Crippen LogP contribution in [0.3, 0.4) is 0 Å². The molecule has 112 valence electrons. The normalized spacial score (nSPS) is 26.8. The highest BCUT2D eigenvalue weighted by Crippen LogP contribution is 2.48. The van der Waals surface area contributed by atoms with Crippen LogP contribution >= 0.6 is 0 Å². The lowest BCUT2D eigenvalue weighted by Gasteiger charge is -2.27. The molecule has 2 aliphatic rings. The van der Waals surface area contributed by atoms with E-state index in [0.717, 1.165) is 18.4 Å². The number of amides is 1. The van der Waals surface area contributed by atoms with Gasteiger partial charge in [-0.2, -0.15) is 0 Å². The average Bonchev–Trinajstić information content (AvgIpc) is 3.09. The van der Waals surface area contributed by atoms with E-state index in [1.54, 1.807) is 17.0 Å². The highest BCUT2D eigenvalue weighted by molar-refractivity contribution is 5.97. The Kier molecular flexibility index (Phi) is 3.70. The zero-order valence-corrected chi connectivity index (χ0v) is 12.3. The number of nitrogens with zero attached hydrogens (tertiary/aromatic N) is 1. The van der Waals surface area contributed by atoms with Crippen LogP contribution in [-0.2, 0) is 0 Å². The molecule has 0 radical (unpaired) electrons. The Bertz CT molecular complexity index is 569. The molecule has 1 aromatic carbocycles. The van der Waals surface area contributed by atoms with Crippen LogP contribution < -0.4 is 0 Å². The Hall–Kier alpha value is -1.84. The molecule has 0 spiro atoms. The predicted octanol–water partition coefficient (Wildman–Crippen LogP) is 2.89. The first-order chi connectivity index (χ1) is 10.0. The minimum Gasteiger partial charge on any atom is -0.478 e. The van der Waals surface area contributed by atoms with Gasteiger partial charge in [0.15, 0.2) is 0 Å². The van der Waals surface area contributed by atoms with Crippen molar-refractivity contribution in [2.24, 2.45) is 17.8 Å². The van der Waals surface area contributed by atoms with E-state index in [2.05, 4.69) is 0 Å². The molecular weight excluding hydrogens is 266 g/mol. The number of rotatable bonds is 4. The average molecular weight is 287 g/mol. The topological polar surface area (TPSA) is 57.6 Å². The number of carboxylic acids is 1. The van der Waals surface area contributed by atoms with Gasteiger partial charge in [0, 0.05) is 19.2 Å². The lowest BCUT2D eigenvalue weighted by molar-refractivity contribution is 0.0697. The van der Waals surface area contributed by atoms with E-state index in [0.29, 0.717) is 11.5 Å². The number of carbonyl (C=O) groups excluding carboxylic acids is 1. The number of carboxylic acid groups (broad SMARTS) is 1. The van der Waals surface area contributed by atoms with Crippen LogP contribution in [0.4, 0.5) is 0 Å². The third-order valence-corrected chi connectivity index (χ3v) is 5.10. The molecule has 2 aliphatic carbocycles. The van der Waals surface area contributed by atoms with Crippen molar-refractivity contribution < 1.29 is 14.7 Å². The van der Waals surface area contributed by atoms with Crippen molar-refractivity contribution in [2.75, 3.05) is 13.6 Å². The second kappa shape index (κ2) is 5.51. The third-order valence-electron chi connectivity index (χ3n) is 5.10. The van der Waals surface area contributed by atoms with Gasteiger partial charge in [-0.3, -0.25) is 4.79 Å². The first kappa shape index (κ1) is 14.1. The van der Waals surface area contributed by atoms with Gasteiger partial charge in [0.25, 0.3) is 5.91 Å². The fraction of sp³-hybridized carbons (Fsp3) is 0.529. The minimum atomic E-state index is -1.000. The Morgan fingerprint density at radius 1 is 1.24 bits per heavy atom. The summed E-state index contributed by atoms with van der Waals surface area (Å²) in [4.78, 5) is 25.2. The Balaban J connectivity index is 1.67. The van der Waals surface area contributed by atoms with Gasteiger partial charge in [-0.15, -0.1) is 0 Å². The molecule has 4 heteroatoms. The van der Waals surface area contributed by atoms with Crippen molar-refractivity contribution in [1.29, 1.82) is 0 Å². The summed E-state index contributed by atoms with van der Waals surface area (Å²) in [5.74, 6) is 1.20. The Morgan fingerprint density at radius 3 is 2.62 bits per heavy atom. The van der Waals surface area contributed by atoms with Gasteiger partial charge in [0.05, 0.1) is 5.56 Å². The molecule has 2 fully saturated rings. The van der Waals surface area contributed by atoms with Crippen LogP contribution in [0.25, 0.3) is 0 Å². The number of hydrogen-bond donors (Lipinski definition) is 1. The minimum absolute atomic E-state index is 0.0825. The van der Waals surface area contributed by atoms with Crippen LogP contribution in [0.15, 0.2) is 24.3 Å². The maximum absolute atomic E-state index is 12.4. The number of fused-ring (bicyclic) bond motifs is 2. The van der Waals surface area contributed by atoms with Gasteiger partial charge < -0.3 is 10.0 Å². The second-order valence-electron chi connectivity index (χ2n) is 6.51. The quantitative estimate of drug-likeness (QED) is 0.926. The molecule has 3 unspecified atom stereocenters. The summed E-state index contributed by atoms with van der Waals surface area (Å²) in [7, 11) is 1.82. The first-order valence-corrected chi connectivity index (χ1v) is 7.63. The van der Waals surface area contributed by atoms with E-state index in [9.17, 15) is 9.59 Å². The van der Waals surface area contributed by atoms with Crippen molar-refractivity contribution in [3.8, 4) is 0 Å². The molecule has 1 amide bonds. The number of aromatic carboxylic acids is 1. The summed E-state index contributed by atoms with van der Waals surface area (Å²) in [6.45, 7) is 0.789. The summed E-state index contributed by atoms with van der Waals surface area (Å²) in [6, 6.07) is 6.28. The van der Waals surface area contributed by atoms with Crippen LogP contribution in [-0.4, -0.2) is 35.5 Å². The summed E-state index contributed by atoms with van der Waals surface area (Å²) < 4.78 is 0. The van der Waals surface area contributed by atoms with E-state index in [1.165, 1.54) is 37.8 Å². The smallest absolute Gasteiger partial charge is 0.335 e. The summed E-state index contributed by atoms with van der Waals surface area (Å²) in [6.07, 6.45) is 5.25. The van der Waals surface area contributed by atoms with E-state index >= 15 is 0 Å². The maximum Gasteiger partial charge on any atom is 0.335 e. The fourth-order valence-corrected chi connectivity index (χ4v) is 4.04. The highest BCUT2D eigenvalue weighted by Gasteiger charge is 2.40. The van der Waals surface area contributed by atoms with Crippen molar-refractivity contribution in [3.63, 3.8) is 0 Å². The Labute approximate surface area is 124 Å². The van der Waals surface area contributed by atoms with Gasteiger partial charge in [-0.1, -0.05) is 12.5 Å². The molecule has 0 aliphatic heterocycles. The van der Waals surface area contributed by atoms with Crippen LogP contribution in [0.1, 0.15) is 46.4 Å². The van der Waals surface area contributed by atoms with Crippen molar-refractivity contribution in [2.45, 2.75) is 25.7 Å². The molecule has 1 aromatic rings. The number of carbonyl (C=O) groups is 2. The molecule has 3 rings (SSSR count). The molecule has 21 heavy (non-hydrogen) atoms. The monoisotopic (exact) mass is 287 g/mol. The van der Waals surface area contributed by atoms with Gasteiger partial charge >= 0.3 is 5.97 Å². The third kappa shape index (κ3) is 2.80. The number of benzene rings is 1. The molecule has 0 saturated heterocycles. The van der Waals surface area contributed by atoms with Crippen LogP contribution in [0.5, 0.6) is 0 Å². The maximum atomic E-state index is 12.4. The van der Waals surface area contributed by atoms with Crippen molar-refractivity contribution in [3.05, 3.63) is 35.4 Å². The second-order valence-corrected chi connectivity index (χ2v) is 6.51. The first-order valence-electron chi connectivity index (χ1n) is 7.63. The number of hydrogen-bond acceptors (Lipinski definition) is 2. The summed E-state index contributed by atoms with van der Waals surface area (Å²) >= 11 is 0. The van der Waals surface area contributed by atoms with Crippen LogP contribution in [0, 0.1) is 17.8 Å². The fourth-order valence-electron chi connectivity index (χ4n) is 4.04. The molecule has 1 N–H and O–H groups in total. The molecule has 3 atom stereocenters. The van der Waals surface area contributed by atoms with E-state index < -0.39 is 5.97 Å². The molecule has 0 heterocycles. The van der Waals surface area contributed by atoms with Crippen molar-refractivity contribution >= 4 is 11.9 Å². The zero-order chi connectivity index (χ0) is 15.0. The molecule has 2 saturated carbocycles. The lowest BCUT2D eigenvalue weighted by Crippen LogP contribution is -2.33. The van der Waals surface area contributed by atoms with Crippen LogP contribution in [0.2, 0.25) is 0 Å². The van der Waals surface area contributed by atoms with E-state index in [4.69, 9.17) is 5.11 Å². The largest absolute Gasteiger partial charge is 0.478 e. The Morgan fingerprint density at radius 2 is 2.00 bits per heavy atom. The standard InChI is InChI=1S/C17H21NO3/c1-18(10-15-8-11-5-6-12(15)7-11)16(19)13-3-2-4-14(9-13)17(20)21/h2-4,9,11-12,15H,5-8,10H2,1H3,(H,20,21). The lowest BCUT2D eigenvalue weighted by atomic mass is 9.88. The molecular formula is C17H21NO3. The van der Waals surface area contributed by atoms with Gasteiger partial charge in [0.2, 0.25) is 0 Å².